The Hall–Kier alpha value is -0.860. The lowest BCUT2D eigenvalue weighted by atomic mass is 9.95. The second-order valence-electron chi connectivity index (χ2n) is 4.51. The molecular formula is C9H20N2O5S. The quantitative estimate of drug-likeness (QED) is 0.627. The van der Waals surface area contributed by atoms with Gasteiger partial charge in [0.15, 0.2) is 0 Å². The van der Waals surface area contributed by atoms with Crippen LogP contribution in [0.5, 0.6) is 0 Å². The molecule has 0 saturated carbocycles. The molecule has 0 radical (unpaired) electrons. The largest absolute Gasteiger partial charge is 0.452 e. The van der Waals surface area contributed by atoms with E-state index in [1.807, 2.05) is 13.8 Å². The number of hydrogen-bond acceptors (Lipinski definition) is 5. The number of ether oxygens (including phenoxy) is 1. The van der Waals surface area contributed by atoms with Gasteiger partial charge in [0, 0.05) is 6.54 Å². The molecule has 0 heterocycles. The average Bonchev–Trinajstić information content (AvgIpc) is 2.12. The highest BCUT2D eigenvalue weighted by Gasteiger charge is 2.25. The predicted molar refractivity (Wildman–Crippen MR) is 62.5 cm³/mol. The normalized spacial score (nSPS) is 15.4. The van der Waals surface area contributed by atoms with E-state index in [1.165, 1.54) is 6.92 Å². The molecule has 0 aliphatic rings. The van der Waals surface area contributed by atoms with E-state index in [0.717, 1.165) is 7.11 Å². The summed E-state index contributed by atoms with van der Waals surface area (Å²) in [5, 5.41) is 9.87. The highest BCUT2D eigenvalue weighted by Crippen LogP contribution is 2.15. The number of amides is 1. The van der Waals surface area contributed by atoms with E-state index in [1.54, 1.807) is 4.72 Å². The summed E-state index contributed by atoms with van der Waals surface area (Å²) < 4.78 is 30.4. The third kappa shape index (κ3) is 7.94. The Balaban J connectivity index is 4.31. The molecule has 0 bridgehead atoms. The lowest BCUT2D eigenvalue weighted by Crippen LogP contribution is -2.47. The molecule has 0 fully saturated rings. The van der Waals surface area contributed by atoms with Gasteiger partial charge in [-0.05, 0) is 19.3 Å². The topological polar surface area (TPSA) is 105 Å². The van der Waals surface area contributed by atoms with Crippen molar-refractivity contribution in [3.05, 3.63) is 0 Å². The third-order valence-electron chi connectivity index (χ3n) is 1.89. The van der Waals surface area contributed by atoms with E-state index in [9.17, 15) is 18.3 Å². The summed E-state index contributed by atoms with van der Waals surface area (Å²) in [6, 6.07) is 0. The molecule has 0 saturated heterocycles. The zero-order valence-electron chi connectivity index (χ0n) is 10.5. The lowest BCUT2D eigenvalue weighted by molar-refractivity contribution is 0.0435. The summed E-state index contributed by atoms with van der Waals surface area (Å²) in [7, 11) is -2.94. The van der Waals surface area contributed by atoms with E-state index < -0.39 is 21.9 Å². The van der Waals surface area contributed by atoms with Crippen molar-refractivity contribution >= 4 is 16.3 Å². The molecule has 0 aromatic heterocycles. The van der Waals surface area contributed by atoms with Gasteiger partial charge in [-0.25, -0.2) is 9.52 Å². The van der Waals surface area contributed by atoms with E-state index >= 15 is 0 Å². The monoisotopic (exact) mass is 268 g/mol. The summed E-state index contributed by atoms with van der Waals surface area (Å²) >= 11 is 0. The minimum absolute atomic E-state index is 0.183. The van der Waals surface area contributed by atoms with Crippen molar-refractivity contribution in [2.45, 2.75) is 32.8 Å². The fourth-order valence-electron chi connectivity index (χ4n) is 1.39. The van der Waals surface area contributed by atoms with Crippen LogP contribution < -0.4 is 9.44 Å². The SMILES string of the molecule is COC(=O)NS(=O)(=O)NCC(C)(O)CC(C)C. The van der Waals surface area contributed by atoms with Crippen molar-refractivity contribution in [3.63, 3.8) is 0 Å². The molecular weight excluding hydrogens is 248 g/mol. The molecule has 1 atom stereocenters. The molecule has 102 valence electrons. The van der Waals surface area contributed by atoms with Gasteiger partial charge in [0.25, 0.3) is 0 Å². The van der Waals surface area contributed by atoms with E-state index in [-0.39, 0.29) is 12.5 Å². The fraction of sp³-hybridized carbons (Fsp3) is 0.889. The number of carbonyl (C=O) groups excluding carboxylic acids is 1. The Labute approximate surface area is 102 Å². The summed E-state index contributed by atoms with van der Waals surface area (Å²) in [5.41, 5.74) is -1.17. The van der Waals surface area contributed by atoms with Gasteiger partial charge >= 0.3 is 16.3 Å². The first-order valence-corrected chi connectivity index (χ1v) is 6.64. The maximum Gasteiger partial charge on any atom is 0.421 e. The van der Waals surface area contributed by atoms with Crippen LogP contribution in [0.1, 0.15) is 27.2 Å². The van der Waals surface area contributed by atoms with Crippen molar-refractivity contribution in [2.24, 2.45) is 5.92 Å². The Bertz CT molecular complexity index is 350. The van der Waals surface area contributed by atoms with Gasteiger partial charge in [0.2, 0.25) is 0 Å². The van der Waals surface area contributed by atoms with Gasteiger partial charge in [-0.15, -0.1) is 0 Å². The molecule has 0 aliphatic carbocycles. The molecule has 17 heavy (non-hydrogen) atoms. The number of nitrogens with one attached hydrogen (secondary N) is 2. The zero-order chi connectivity index (χ0) is 13.7. The van der Waals surface area contributed by atoms with Crippen LogP contribution in [0.3, 0.4) is 0 Å². The first kappa shape index (κ1) is 16.1. The van der Waals surface area contributed by atoms with Crippen LogP contribution in [0.4, 0.5) is 4.79 Å². The zero-order valence-corrected chi connectivity index (χ0v) is 11.3. The Kier molecular flexibility index (Phi) is 5.86. The van der Waals surface area contributed by atoms with E-state index in [2.05, 4.69) is 9.46 Å². The van der Waals surface area contributed by atoms with Crippen LogP contribution in [0.15, 0.2) is 0 Å². The smallest absolute Gasteiger partial charge is 0.421 e. The number of aliphatic hydroxyl groups is 1. The molecule has 8 heteroatoms. The molecule has 0 rings (SSSR count). The highest BCUT2D eigenvalue weighted by molar-refractivity contribution is 7.88. The second kappa shape index (κ2) is 6.18. The molecule has 0 aromatic rings. The van der Waals surface area contributed by atoms with Crippen LogP contribution >= 0.6 is 0 Å². The lowest BCUT2D eigenvalue weighted by Gasteiger charge is -2.25. The van der Waals surface area contributed by atoms with Crippen molar-refractivity contribution < 1.29 is 23.1 Å². The van der Waals surface area contributed by atoms with Gasteiger partial charge in [0.05, 0.1) is 12.7 Å². The van der Waals surface area contributed by atoms with Gasteiger partial charge in [-0.1, -0.05) is 13.8 Å². The number of carbonyl (C=O) groups is 1. The third-order valence-corrected chi connectivity index (χ3v) is 2.85. The highest BCUT2D eigenvalue weighted by atomic mass is 32.2. The summed E-state index contributed by atoms with van der Waals surface area (Å²) in [6.07, 6.45) is -0.644. The first-order chi connectivity index (χ1) is 7.58. The number of hydrogen-bond donors (Lipinski definition) is 3. The molecule has 1 amide bonds. The summed E-state index contributed by atoms with van der Waals surface area (Å²) in [6.45, 7) is 5.16. The second-order valence-corrected chi connectivity index (χ2v) is 6.01. The standard InChI is InChI=1S/C9H20N2O5S/c1-7(2)5-9(3,13)6-10-17(14,15)11-8(12)16-4/h7,10,13H,5-6H2,1-4H3,(H,11,12). The van der Waals surface area contributed by atoms with Crippen molar-refractivity contribution in [2.75, 3.05) is 13.7 Å². The molecule has 0 aromatic carbocycles. The van der Waals surface area contributed by atoms with Crippen LogP contribution in [-0.4, -0.2) is 38.9 Å². The van der Waals surface area contributed by atoms with Gasteiger partial charge in [-0.3, -0.25) is 0 Å². The van der Waals surface area contributed by atoms with Crippen molar-refractivity contribution in [3.8, 4) is 0 Å². The molecule has 1 unspecified atom stereocenters. The fourth-order valence-corrected chi connectivity index (χ4v) is 2.27. The Morgan fingerprint density at radius 3 is 2.41 bits per heavy atom. The van der Waals surface area contributed by atoms with Crippen LogP contribution in [-0.2, 0) is 14.9 Å². The van der Waals surface area contributed by atoms with Crippen LogP contribution in [0.2, 0.25) is 0 Å². The first-order valence-electron chi connectivity index (χ1n) is 5.16. The molecule has 3 N–H and O–H groups in total. The van der Waals surface area contributed by atoms with Gasteiger partial charge < -0.3 is 9.84 Å². The van der Waals surface area contributed by atoms with Crippen LogP contribution in [0, 0.1) is 5.92 Å². The molecule has 0 spiro atoms. The molecule has 7 nitrogen and oxygen atoms in total. The van der Waals surface area contributed by atoms with Crippen LogP contribution in [0.25, 0.3) is 0 Å². The van der Waals surface area contributed by atoms with Crippen molar-refractivity contribution in [1.82, 2.24) is 9.44 Å². The Morgan fingerprint density at radius 2 is 2.00 bits per heavy atom. The minimum Gasteiger partial charge on any atom is -0.452 e. The molecule has 0 aliphatic heterocycles. The maximum absolute atomic E-state index is 11.3. The Morgan fingerprint density at radius 1 is 1.47 bits per heavy atom. The number of methoxy groups -OCH3 is 1. The average molecular weight is 268 g/mol. The number of rotatable bonds is 6. The maximum atomic E-state index is 11.3. The summed E-state index contributed by atoms with van der Waals surface area (Å²) in [4.78, 5) is 10.7. The predicted octanol–water partition coefficient (Wildman–Crippen LogP) is -0.0261. The van der Waals surface area contributed by atoms with E-state index in [4.69, 9.17) is 0 Å². The van der Waals surface area contributed by atoms with Gasteiger partial charge in [-0.2, -0.15) is 13.1 Å². The van der Waals surface area contributed by atoms with Gasteiger partial charge in [0.1, 0.15) is 0 Å². The van der Waals surface area contributed by atoms with E-state index in [0.29, 0.717) is 6.42 Å². The van der Waals surface area contributed by atoms with Crippen molar-refractivity contribution in [1.29, 1.82) is 0 Å². The summed E-state index contributed by atoms with van der Waals surface area (Å²) in [5.74, 6) is 0.225. The minimum atomic E-state index is -4.00.